The van der Waals surface area contributed by atoms with E-state index in [2.05, 4.69) is 0 Å². The van der Waals surface area contributed by atoms with Crippen molar-refractivity contribution in [3.63, 3.8) is 0 Å². The van der Waals surface area contributed by atoms with Crippen LogP contribution in [0.5, 0.6) is 5.75 Å². The van der Waals surface area contributed by atoms with Crippen LogP contribution in [0.25, 0.3) is 0 Å². The third-order valence-corrected chi connectivity index (χ3v) is 3.72. The fourth-order valence-corrected chi connectivity index (χ4v) is 2.18. The van der Waals surface area contributed by atoms with Crippen LogP contribution in [0.4, 0.5) is 0 Å². The molecule has 0 radical (unpaired) electrons. The maximum Gasteiger partial charge on any atom is 0.220 e. The number of Topliss-reactive ketones (excluding diaryl/α,β-unsaturated/α-hetero) is 1. The highest BCUT2D eigenvalue weighted by molar-refractivity contribution is 8.23. The van der Waals surface area contributed by atoms with Crippen LogP contribution >= 0.6 is 24.0 Å². The molecule has 1 aromatic rings. The second kappa shape index (κ2) is 8.94. The van der Waals surface area contributed by atoms with Crippen LogP contribution < -0.4 is 4.74 Å². The Labute approximate surface area is 129 Å². The average Bonchev–Trinajstić information content (AvgIpc) is 2.44. The van der Waals surface area contributed by atoms with Crippen molar-refractivity contribution < 1.29 is 14.3 Å². The molecule has 0 saturated heterocycles. The summed E-state index contributed by atoms with van der Waals surface area (Å²) in [6, 6.07) is 7.03. The SMILES string of the molecule is COc1ccc(C(=O)CSC(=S)OCCN(C)C)cc1. The van der Waals surface area contributed by atoms with Crippen molar-refractivity contribution in [3.05, 3.63) is 29.8 Å². The summed E-state index contributed by atoms with van der Waals surface area (Å²) in [5.74, 6) is 1.04. The standard InChI is InChI=1S/C14H19NO3S2/c1-15(2)8-9-18-14(19)20-10-13(16)11-4-6-12(17-3)7-5-11/h4-7H,8-10H2,1-3H3. The first-order valence-electron chi connectivity index (χ1n) is 6.14. The molecule has 0 unspecified atom stereocenters. The van der Waals surface area contributed by atoms with Crippen molar-refractivity contribution in [2.75, 3.05) is 40.1 Å². The van der Waals surface area contributed by atoms with E-state index in [1.165, 1.54) is 11.8 Å². The van der Waals surface area contributed by atoms with Crippen molar-refractivity contribution in [1.29, 1.82) is 0 Å². The number of methoxy groups -OCH3 is 1. The van der Waals surface area contributed by atoms with Crippen LogP contribution in [-0.4, -0.2) is 55.2 Å². The molecule has 0 fully saturated rings. The van der Waals surface area contributed by atoms with Crippen LogP contribution in [0, 0.1) is 0 Å². The molecule has 6 heteroatoms. The smallest absolute Gasteiger partial charge is 0.220 e. The van der Waals surface area contributed by atoms with Gasteiger partial charge >= 0.3 is 0 Å². The number of hydrogen-bond acceptors (Lipinski definition) is 6. The molecule has 0 heterocycles. The molecule has 0 atom stereocenters. The molecule has 110 valence electrons. The van der Waals surface area contributed by atoms with Gasteiger partial charge in [-0.25, -0.2) is 0 Å². The normalized spacial score (nSPS) is 10.4. The third-order valence-electron chi connectivity index (χ3n) is 2.49. The van der Waals surface area contributed by atoms with Gasteiger partial charge in [-0.3, -0.25) is 4.79 Å². The molecular weight excluding hydrogens is 294 g/mol. The molecule has 0 saturated carbocycles. The molecule has 1 rings (SSSR count). The van der Waals surface area contributed by atoms with E-state index in [-0.39, 0.29) is 11.5 Å². The maximum absolute atomic E-state index is 11.9. The van der Waals surface area contributed by atoms with E-state index >= 15 is 0 Å². The lowest BCUT2D eigenvalue weighted by molar-refractivity contribution is 0.102. The minimum Gasteiger partial charge on any atom is -0.497 e. The van der Waals surface area contributed by atoms with Gasteiger partial charge in [0.05, 0.1) is 12.9 Å². The molecule has 20 heavy (non-hydrogen) atoms. The molecule has 0 spiro atoms. The Morgan fingerprint density at radius 3 is 2.50 bits per heavy atom. The summed E-state index contributed by atoms with van der Waals surface area (Å²) in [6.45, 7) is 1.34. The number of ketones is 1. The van der Waals surface area contributed by atoms with Crippen LogP contribution in [0.2, 0.25) is 0 Å². The Morgan fingerprint density at radius 2 is 1.95 bits per heavy atom. The molecule has 0 amide bonds. The fraction of sp³-hybridized carbons (Fsp3) is 0.429. The van der Waals surface area contributed by atoms with E-state index in [9.17, 15) is 4.79 Å². The van der Waals surface area contributed by atoms with Crippen molar-refractivity contribution in [1.82, 2.24) is 4.90 Å². The number of rotatable bonds is 7. The van der Waals surface area contributed by atoms with Gasteiger partial charge in [-0.2, -0.15) is 0 Å². The van der Waals surface area contributed by atoms with Crippen molar-refractivity contribution >= 4 is 34.1 Å². The van der Waals surface area contributed by atoms with Gasteiger partial charge in [0.15, 0.2) is 5.78 Å². The number of benzene rings is 1. The second-order valence-electron chi connectivity index (χ2n) is 4.34. The minimum atomic E-state index is 0.0243. The number of ether oxygens (including phenoxy) is 2. The molecule has 0 aliphatic heterocycles. The fourth-order valence-electron chi connectivity index (χ4n) is 1.34. The van der Waals surface area contributed by atoms with Gasteiger partial charge in [0.2, 0.25) is 4.38 Å². The Kier molecular flexibility index (Phi) is 7.58. The quantitative estimate of drug-likeness (QED) is 0.569. The summed E-state index contributed by atoms with van der Waals surface area (Å²) >= 11 is 6.31. The van der Waals surface area contributed by atoms with E-state index in [1.54, 1.807) is 31.4 Å². The van der Waals surface area contributed by atoms with Gasteiger partial charge in [-0.05, 0) is 50.6 Å². The van der Waals surface area contributed by atoms with E-state index in [0.29, 0.717) is 16.6 Å². The summed E-state index contributed by atoms with van der Waals surface area (Å²) in [5, 5.41) is 0. The van der Waals surface area contributed by atoms with Crippen molar-refractivity contribution in [3.8, 4) is 5.75 Å². The van der Waals surface area contributed by atoms with Crippen molar-refractivity contribution in [2.45, 2.75) is 0 Å². The zero-order valence-electron chi connectivity index (χ0n) is 11.9. The first-order valence-corrected chi connectivity index (χ1v) is 7.54. The monoisotopic (exact) mass is 313 g/mol. The Bertz CT molecular complexity index is 446. The summed E-state index contributed by atoms with van der Waals surface area (Å²) in [6.07, 6.45) is 0. The van der Waals surface area contributed by atoms with Gasteiger partial charge in [-0.15, -0.1) is 0 Å². The number of thioether (sulfide) groups is 1. The first kappa shape index (κ1) is 16.9. The summed E-state index contributed by atoms with van der Waals surface area (Å²) < 4.78 is 10.8. The average molecular weight is 313 g/mol. The van der Waals surface area contributed by atoms with Crippen LogP contribution in [0.1, 0.15) is 10.4 Å². The summed E-state index contributed by atoms with van der Waals surface area (Å²) in [7, 11) is 5.52. The van der Waals surface area contributed by atoms with Gasteiger partial charge < -0.3 is 14.4 Å². The zero-order chi connectivity index (χ0) is 15.0. The molecule has 1 aromatic carbocycles. The lowest BCUT2D eigenvalue weighted by atomic mass is 10.1. The molecule has 0 bridgehead atoms. The maximum atomic E-state index is 11.9. The zero-order valence-corrected chi connectivity index (χ0v) is 13.6. The lowest BCUT2D eigenvalue weighted by Gasteiger charge is -2.10. The highest BCUT2D eigenvalue weighted by atomic mass is 32.2. The second-order valence-corrected chi connectivity index (χ2v) is 5.92. The number of nitrogens with zero attached hydrogens (tertiary/aromatic N) is 1. The van der Waals surface area contributed by atoms with Gasteiger partial charge in [0, 0.05) is 12.1 Å². The number of carbonyl (C=O) groups is 1. The molecular formula is C14H19NO3S2. The molecule has 0 aliphatic rings. The molecule has 0 N–H and O–H groups in total. The lowest BCUT2D eigenvalue weighted by Crippen LogP contribution is -2.19. The third kappa shape index (κ3) is 6.36. The van der Waals surface area contributed by atoms with Crippen LogP contribution in [0.3, 0.4) is 0 Å². The van der Waals surface area contributed by atoms with E-state index in [1.807, 2.05) is 19.0 Å². The first-order chi connectivity index (χ1) is 9.52. The van der Waals surface area contributed by atoms with E-state index in [4.69, 9.17) is 21.7 Å². The summed E-state index contributed by atoms with van der Waals surface area (Å²) in [4.78, 5) is 14.0. The minimum absolute atomic E-state index is 0.0243. The predicted octanol–water partition coefficient (Wildman–Crippen LogP) is 2.47. The van der Waals surface area contributed by atoms with Crippen LogP contribution in [0.15, 0.2) is 24.3 Å². The molecule has 0 aromatic heterocycles. The Balaban J connectivity index is 2.33. The predicted molar refractivity (Wildman–Crippen MR) is 86.9 cm³/mol. The van der Waals surface area contributed by atoms with Crippen molar-refractivity contribution in [2.24, 2.45) is 0 Å². The van der Waals surface area contributed by atoms with E-state index < -0.39 is 0 Å². The van der Waals surface area contributed by atoms with Crippen LogP contribution in [-0.2, 0) is 4.74 Å². The topological polar surface area (TPSA) is 38.8 Å². The highest BCUT2D eigenvalue weighted by Gasteiger charge is 2.09. The number of carbonyl (C=O) groups excluding carboxylic acids is 1. The summed E-state index contributed by atoms with van der Waals surface area (Å²) in [5.41, 5.74) is 0.648. The Morgan fingerprint density at radius 1 is 1.30 bits per heavy atom. The molecule has 4 nitrogen and oxygen atoms in total. The number of thiocarbonyl (C=S) groups is 1. The van der Waals surface area contributed by atoms with Gasteiger partial charge in [0.25, 0.3) is 0 Å². The number of hydrogen-bond donors (Lipinski definition) is 0. The highest BCUT2D eigenvalue weighted by Crippen LogP contribution is 2.14. The Hall–Kier alpha value is -1.11. The van der Waals surface area contributed by atoms with E-state index in [0.717, 1.165) is 12.3 Å². The molecule has 0 aliphatic carbocycles. The largest absolute Gasteiger partial charge is 0.497 e. The van der Waals surface area contributed by atoms with Gasteiger partial charge in [-0.1, -0.05) is 11.8 Å². The van der Waals surface area contributed by atoms with Gasteiger partial charge in [0.1, 0.15) is 12.4 Å². The number of likely N-dealkylation sites (N-methyl/N-ethyl adjacent to an activating group) is 1.